The first-order valence-electron chi connectivity index (χ1n) is 8.68. The summed E-state index contributed by atoms with van der Waals surface area (Å²) >= 11 is 0. The minimum atomic E-state index is 0.0159. The summed E-state index contributed by atoms with van der Waals surface area (Å²) in [4.78, 5) is 26.5. The van der Waals surface area contributed by atoms with E-state index < -0.39 is 0 Å². The maximum atomic E-state index is 12.6. The maximum absolute atomic E-state index is 12.6. The number of piperidine rings is 1. The summed E-state index contributed by atoms with van der Waals surface area (Å²) in [6, 6.07) is 6.39. The SMILES string of the molecule is O=C1CCc2cc(C(=O)N[C@H]3CCN4CCCC[C@H]34)ccc2N1. The fourth-order valence-corrected chi connectivity index (χ4v) is 4.19. The molecule has 5 nitrogen and oxygen atoms in total. The topological polar surface area (TPSA) is 61.4 Å². The Labute approximate surface area is 136 Å². The Bertz CT molecular complexity index is 643. The number of hydrogen-bond acceptors (Lipinski definition) is 3. The van der Waals surface area contributed by atoms with E-state index in [4.69, 9.17) is 0 Å². The number of carbonyl (C=O) groups is 2. The van der Waals surface area contributed by atoms with Crippen LogP contribution in [-0.2, 0) is 11.2 Å². The molecule has 0 aromatic heterocycles. The number of nitrogens with zero attached hydrogens (tertiary/aromatic N) is 1. The number of carbonyl (C=O) groups excluding carboxylic acids is 2. The van der Waals surface area contributed by atoms with E-state index in [1.165, 1.54) is 25.8 Å². The van der Waals surface area contributed by atoms with Crippen LogP contribution < -0.4 is 10.6 Å². The highest BCUT2D eigenvalue weighted by Crippen LogP contribution is 2.28. The molecule has 1 aromatic rings. The number of nitrogens with one attached hydrogen (secondary N) is 2. The van der Waals surface area contributed by atoms with Crippen LogP contribution in [0.4, 0.5) is 5.69 Å². The summed E-state index contributed by atoms with van der Waals surface area (Å²) in [5.74, 6) is 0.0696. The van der Waals surface area contributed by atoms with Crippen molar-refractivity contribution in [2.24, 2.45) is 0 Å². The molecule has 4 rings (SSSR count). The van der Waals surface area contributed by atoms with Gasteiger partial charge in [-0.05, 0) is 56.0 Å². The second-order valence-corrected chi connectivity index (χ2v) is 6.89. The Morgan fingerprint density at radius 2 is 2.09 bits per heavy atom. The Hall–Kier alpha value is -1.88. The molecular weight excluding hydrogens is 290 g/mol. The number of benzene rings is 1. The van der Waals surface area contributed by atoms with E-state index >= 15 is 0 Å². The third kappa shape index (κ3) is 2.85. The van der Waals surface area contributed by atoms with Crippen molar-refractivity contribution in [3.8, 4) is 0 Å². The van der Waals surface area contributed by atoms with Gasteiger partial charge in [-0.25, -0.2) is 0 Å². The van der Waals surface area contributed by atoms with Gasteiger partial charge in [-0.1, -0.05) is 6.42 Å². The molecule has 23 heavy (non-hydrogen) atoms. The first-order chi connectivity index (χ1) is 11.2. The molecular formula is C18H23N3O2. The van der Waals surface area contributed by atoms with Crippen LogP contribution in [0.25, 0.3) is 0 Å². The van der Waals surface area contributed by atoms with E-state index in [0.29, 0.717) is 24.4 Å². The van der Waals surface area contributed by atoms with Gasteiger partial charge in [0.2, 0.25) is 5.91 Å². The number of amides is 2. The largest absolute Gasteiger partial charge is 0.348 e. The molecule has 3 aliphatic heterocycles. The third-order valence-corrected chi connectivity index (χ3v) is 5.44. The average molecular weight is 313 g/mol. The van der Waals surface area contributed by atoms with Crippen molar-refractivity contribution in [1.82, 2.24) is 10.2 Å². The Balaban J connectivity index is 1.46. The van der Waals surface area contributed by atoms with E-state index in [1.54, 1.807) is 0 Å². The van der Waals surface area contributed by atoms with Gasteiger partial charge in [0.25, 0.3) is 5.91 Å². The first-order valence-corrected chi connectivity index (χ1v) is 8.68. The third-order valence-electron chi connectivity index (χ3n) is 5.44. The molecule has 2 fully saturated rings. The lowest BCUT2D eigenvalue weighted by Gasteiger charge is -2.32. The van der Waals surface area contributed by atoms with E-state index in [1.807, 2.05) is 18.2 Å². The number of fused-ring (bicyclic) bond motifs is 2. The van der Waals surface area contributed by atoms with E-state index in [0.717, 1.165) is 24.2 Å². The van der Waals surface area contributed by atoms with Crippen LogP contribution >= 0.6 is 0 Å². The van der Waals surface area contributed by atoms with E-state index in [9.17, 15) is 9.59 Å². The quantitative estimate of drug-likeness (QED) is 0.877. The minimum absolute atomic E-state index is 0.0159. The van der Waals surface area contributed by atoms with Crippen LogP contribution in [0.1, 0.15) is 48.0 Å². The van der Waals surface area contributed by atoms with Crippen LogP contribution in [0, 0.1) is 0 Å². The summed E-state index contributed by atoms with van der Waals surface area (Å²) in [5.41, 5.74) is 2.61. The minimum Gasteiger partial charge on any atom is -0.348 e. The van der Waals surface area contributed by atoms with Gasteiger partial charge in [0, 0.05) is 36.3 Å². The molecule has 0 radical (unpaired) electrons. The summed E-state index contributed by atoms with van der Waals surface area (Å²) in [6.45, 7) is 2.28. The molecule has 2 amide bonds. The van der Waals surface area contributed by atoms with Gasteiger partial charge in [-0.3, -0.25) is 14.5 Å². The van der Waals surface area contributed by atoms with Crippen LogP contribution in [0.2, 0.25) is 0 Å². The molecule has 0 bridgehead atoms. The predicted molar refractivity (Wildman–Crippen MR) is 88.5 cm³/mol. The van der Waals surface area contributed by atoms with Crippen molar-refractivity contribution in [2.45, 2.75) is 50.6 Å². The lowest BCUT2D eigenvalue weighted by Crippen LogP contribution is -2.46. The van der Waals surface area contributed by atoms with Crippen molar-refractivity contribution in [1.29, 1.82) is 0 Å². The molecule has 2 atom stereocenters. The van der Waals surface area contributed by atoms with Crippen molar-refractivity contribution in [3.63, 3.8) is 0 Å². The second kappa shape index (κ2) is 5.96. The molecule has 2 saturated heterocycles. The fourth-order valence-electron chi connectivity index (χ4n) is 4.19. The molecule has 0 unspecified atom stereocenters. The predicted octanol–water partition coefficient (Wildman–Crippen LogP) is 1.93. The Kier molecular flexibility index (Phi) is 3.81. The second-order valence-electron chi connectivity index (χ2n) is 6.89. The van der Waals surface area contributed by atoms with Crippen LogP contribution in [0.5, 0.6) is 0 Å². The van der Waals surface area contributed by atoms with Gasteiger partial charge in [0.05, 0.1) is 0 Å². The summed E-state index contributed by atoms with van der Waals surface area (Å²) in [7, 11) is 0. The molecule has 5 heteroatoms. The number of anilines is 1. The number of aryl methyl sites for hydroxylation is 1. The molecule has 0 aliphatic carbocycles. The van der Waals surface area contributed by atoms with Crippen LogP contribution in [0.15, 0.2) is 18.2 Å². The summed E-state index contributed by atoms with van der Waals surface area (Å²) in [5, 5.41) is 6.10. The number of hydrogen-bond donors (Lipinski definition) is 2. The highest BCUT2D eigenvalue weighted by Gasteiger charge is 2.36. The van der Waals surface area contributed by atoms with Crippen molar-refractivity contribution < 1.29 is 9.59 Å². The van der Waals surface area contributed by atoms with Gasteiger partial charge >= 0.3 is 0 Å². The molecule has 0 spiro atoms. The van der Waals surface area contributed by atoms with E-state index in [-0.39, 0.29) is 17.9 Å². The zero-order valence-corrected chi connectivity index (χ0v) is 13.3. The normalized spacial score (nSPS) is 27.0. The lowest BCUT2D eigenvalue weighted by atomic mass is 9.97. The van der Waals surface area contributed by atoms with Crippen LogP contribution in [0.3, 0.4) is 0 Å². The Morgan fingerprint density at radius 1 is 1.17 bits per heavy atom. The van der Waals surface area contributed by atoms with Gasteiger partial charge < -0.3 is 10.6 Å². The zero-order chi connectivity index (χ0) is 15.8. The van der Waals surface area contributed by atoms with Gasteiger partial charge in [0.15, 0.2) is 0 Å². The molecule has 0 saturated carbocycles. The standard InChI is InChI=1S/C18H23N3O2/c22-17-7-5-12-11-13(4-6-14(12)19-17)18(23)20-15-8-10-21-9-2-1-3-16(15)21/h4,6,11,15-16H,1-3,5,7-10H2,(H,19,22)(H,20,23)/t15-,16+/m0/s1. The van der Waals surface area contributed by atoms with Crippen molar-refractivity contribution >= 4 is 17.5 Å². The summed E-state index contributed by atoms with van der Waals surface area (Å²) < 4.78 is 0. The molecule has 1 aromatic carbocycles. The highest BCUT2D eigenvalue weighted by molar-refractivity contribution is 5.98. The van der Waals surface area contributed by atoms with E-state index in [2.05, 4.69) is 15.5 Å². The molecule has 3 aliphatic rings. The highest BCUT2D eigenvalue weighted by atomic mass is 16.2. The monoisotopic (exact) mass is 313 g/mol. The van der Waals surface area contributed by atoms with Gasteiger partial charge in [0.1, 0.15) is 0 Å². The smallest absolute Gasteiger partial charge is 0.251 e. The van der Waals surface area contributed by atoms with Crippen molar-refractivity contribution in [2.75, 3.05) is 18.4 Å². The lowest BCUT2D eigenvalue weighted by molar-refractivity contribution is -0.116. The van der Waals surface area contributed by atoms with Gasteiger partial charge in [-0.15, -0.1) is 0 Å². The zero-order valence-electron chi connectivity index (χ0n) is 13.3. The number of rotatable bonds is 2. The average Bonchev–Trinajstić information content (AvgIpc) is 2.97. The Morgan fingerprint density at radius 3 is 3.00 bits per heavy atom. The maximum Gasteiger partial charge on any atom is 0.251 e. The molecule has 2 N–H and O–H groups in total. The first kappa shape index (κ1) is 14.7. The summed E-state index contributed by atoms with van der Waals surface area (Å²) in [6.07, 6.45) is 6.01. The fraction of sp³-hybridized carbons (Fsp3) is 0.556. The van der Waals surface area contributed by atoms with Gasteiger partial charge in [-0.2, -0.15) is 0 Å². The molecule has 122 valence electrons. The van der Waals surface area contributed by atoms with Crippen LogP contribution in [-0.4, -0.2) is 41.9 Å². The molecule has 3 heterocycles. The van der Waals surface area contributed by atoms with Crippen molar-refractivity contribution in [3.05, 3.63) is 29.3 Å².